The van der Waals surface area contributed by atoms with Gasteiger partial charge in [0.25, 0.3) is 0 Å². The van der Waals surface area contributed by atoms with Gasteiger partial charge in [-0.25, -0.2) is 0 Å². The highest BCUT2D eigenvalue weighted by Gasteiger charge is 2.15. The maximum Gasteiger partial charge on any atom is 0.174 e. The van der Waals surface area contributed by atoms with Crippen LogP contribution in [0, 0.1) is 0 Å². The highest BCUT2D eigenvalue weighted by Crippen LogP contribution is 2.23. The van der Waals surface area contributed by atoms with E-state index >= 15 is 0 Å². The Morgan fingerprint density at radius 1 is 1.33 bits per heavy atom. The van der Waals surface area contributed by atoms with Crippen molar-refractivity contribution in [1.29, 1.82) is 0 Å². The van der Waals surface area contributed by atoms with Gasteiger partial charge in [0.2, 0.25) is 0 Å². The molecule has 0 bridgehead atoms. The normalized spacial score (nSPS) is 12.0. The zero-order valence-corrected chi connectivity index (χ0v) is 11.4. The fourth-order valence-electron chi connectivity index (χ4n) is 1.64. The first kappa shape index (κ1) is 12.8. The molecule has 0 spiro atoms. The van der Waals surface area contributed by atoms with E-state index in [1.54, 1.807) is 6.20 Å². The third-order valence-corrected chi connectivity index (χ3v) is 2.67. The van der Waals surface area contributed by atoms with Gasteiger partial charge < -0.3 is 9.84 Å². The minimum atomic E-state index is 0.0716. The summed E-state index contributed by atoms with van der Waals surface area (Å²) in [5, 5.41) is 11.6. The van der Waals surface area contributed by atoms with Crippen LogP contribution >= 0.6 is 0 Å². The molecule has 5 heteroatoms. The molecule has 0 aliphatic heterocycles. The Labute approximate surface area is 107 Å². The second kappa shape index (κ2) is 4.94. The minimum Gasteiger partial charge on any atom is -0.356 e. The Morgan fingerprint density at radius 2 is 2.11 bits per heavy atom. The summed E-state index contributed by atoms with van der Waals surface area (Å²) < 4.78 is 7.20. The number of rotatable bonds is 4. The van der Waals surface area contributed by atoms with E-state index in [-0.39, 0.29) is 5.54 Å². The topological polar surface area (TPSA) is 55.9 Å². The van der Waals surface area contributed by atoms with Crippen LogP contribution in [0.5, 0.6) is 0 Å². The Balaban J connectivity index is 2.17. The molecule has 18 heavy (non-hydrogen) atoms. The minimum absolute atomic E-state index is 0.0716. The standard InChI is InChI=1S/C13H20N4O/c1-5-17-9-11(7-15-17)12-10(8-16-18-12)6-14-13(2,3)4/h7-9,14H,5-6H2,1-4H3. The van der Waals surface area contributed by atoms with Crippen molar-refractivity contribution in [2.45, 2.75) is 46.3 Å². The summed E-state index contributed by atoms with van der Waals surface area (Å²) in [4.78, 5) is 0. The molecule has 0 amide bonds. The van der Waals surface area contributed by atoms with E-state index in [2.05, 4.69) is 43.3 Å². The SMILES string of the molecule is CCn1cc(-c2oncc2CNC(C)(C)C)cn1. The van der Waals surface area contributed by atoms with Crippen molar-refractivity contribution in [1.82, 2.24) is 20.3 Å². The molecule has 0 aromatic carbocycles. The first-order valence-electron chi connectivity index (χ1n) is 6.21. The molecular formula is C13H20N4O. The lowest BCUT2D eigenvalue weighted by Gasteiger charge is -2.19. The van der Waals surface area contributed by atoms with Gasteiger partial charge >= 0.3 is 0 Å². The summed E-state index contributed by atoms with van der Waals surface area (Å²) >= 11 is 0. The highest BCUT2D eigenvalue weighted by molar-refractivity contribution is 5.58. The van der Waals surface area contributed by atoms with E-state index in [1.807, 2.05) is 17.1 Å². The molecule has 0 atom stereocenters. The van der Waals surface area contributed by atoms with Crippen LogP contribution in [0.15, 0.2) is 23.1 Å². The number of nitrogens with one attached hydrogen (secondary N) is 1. The van der Waals surface area contributed by atoms with Crippen molar-refractivity contribution in [3.63, 3.8) is 0 Å². The fraction of sp³-hybridized carbons (Fsp3) is 0.538. The van der Waals surface area contributed by atoms with E-state index in [4.69, 9.17) is 4.52 Å². The molecule has 2 aromatic heterocycles. The Morgan fingerprint density at radius 3 is 2.72 bits per heavy atom. The molecule has 0 fully saturated rings. The van der Waals surface area contributed by atoms with Gasteiger partial charge in [-0.1, -0.05) is 5.16 Å². The molecule has 0 aliphatic carbocycles. The first-order valence-corrected chi connectivity index (χ1v) is 6.21. The maximum atomic E-state index is 5.33. The van der Waals surface area contributed by atoms with Crippen LogP contribution < -0.4 is 5.32 Å². The molecular weight excluding hydrogens is 228 g/mol. The Hall–Kier alpha value is -1.62. The van der Waals surface area contributed by atoms with Gasteiger partial charge in [0, 0.05) is 30.4 Å². The van der Waals surface area contributed by atoms with Crippen LogP contribution in [0.3, 0.4) is 0 Å². The van der Waals surface area contributed by atoms with Gasteiger partial charge in [0.15, 0.2) is 5.76 Å². The molecule has 5 nitrogen and oxygen atoms in total. The summed E-state index contributed by atoms with van der Waals surface area (Å²) in [6.07, 6.45) is 5.54. The van der Waals surface area contributed by atoms with Crippen molar-refractivity contribution in [2.75, 3.05) is 0 Å². The summed E-state index contributed by atoms with van der Waals surface area (Å²) in [5.41, 5.74) is 2.10. The molecule has 0 radical (unpaired) electrons. The third kappa shape index (κ3) is 2.98. The number of hydrogen-bond donors (Lipinski definition) is 1. The van der Waals surface area contributed by atoms with Crippen LogP contribution in [0.2, 0.25) is 0 Å². The lowest BCUT2D eigenvalue weighted by molar-refractivity contribution is 0.418. The predicted molar refractivity (Wildman–Crippen MR) is 70.0 cm³/mol. The van der Waals surface area contributed by atoms with Crippen LogP contribution in [0.25, 0.3) is 11.3 Å². The van der Waals surface area contributed by atoms with Crippen LogP contribution in [0.1, 0.15) is 33.3 Å². The molecule has 2 aromatic rings. The summed E-state index contributed by atoms with van der Waals surface area (Å²) in [5.74, 6) is 0.798. The number of aryl methyl sites for hydroxylation is 1. The van der Waals surface area contributed by atoms with Gasteiger partial charge in [-0.2, -0.15) is 5.10 Å². The largest absolute Gasteiger partial charge is 0.356 e. The van der Waals surface area contributed by atoms with Gasteiger partial charge in [-0.15, -0.1) is 0 Å². The summed E-state index contributed by atoms with van der Waals surface area (Å²) in [6, 6.07) is 0. The zero-order chi connectivity index (χ0) is 13.2. The van der Waals surface area contributed by atoms with Crippen molar-refractivity contribution < 1.29 is 4.52 Å². The molecule has 1 N–H and O–H groups in total. The van der Waals surface area contributed by atoms with E-state index in [0.29, 0.717) is 0 Å². The third-order valence-electron chi connectivity index (χ3n) is 2.67. The first-order chi connectivity index (χ1) is 8.49. The number of aromatic nitrogens is 3. The summed E-state index contributed by atoms with van der Waals surface area (Å²) in [7, 11) is 0. The average Bonchev–Trinajstić information content (AvgIpc) is 2.93. The number of nitrogens with zero attached hydrogens (tertiary/aromatic N) is 3. The summed E-state index contributed by atoms with van der Waals surface area (Å²) in [6.45, 7) is 10.0. The maximum absolute atomic E-state index is 5.33. The molecule has 0 saturated carbocycles. The lowest BCUT2D eigenvalue weighted by Crippen LogP contribution is -2.35. The lowest BCUT2D eigenvalue weighted by atomic mass is 10.1. The van der Waals surface area contributed by atoms with Crippen LogP contribution in [-0.2, 0) is 13.1 Å². The van der Waals surface area contributed by atoms with Gasteiger partial charge in [-0.05, 0) is 27.7 Å². The van der Waals surface area contributed by atoms with Crippen LogP contribution in [-0.4, -0.2) is 20.5 Å². The predicted octanol–water partition coefficient (Wildman–Crippen LogP) is 2.45. The van der Waals surface area contributed by atoms with Crippen molar-refractivity contribution in [3.8, 4) is 11.3 Å². The van der Waals surface area contributed by atoms with Crippen molar-refractivity contribution >= 4 is 0 Å². The molecule has 2 heterocycles. The van der Waals surface area contributed by atoms with Gasteiger partial charge in [0.1, 0.15) is 0 Å². The fourth-order valence-corrected chi connectivity index (χ4v) is 1.64. The van der Waals surface area contributed by atoms with E-state index in [0.717, 1.165) is 30.0 Å². The van der Waals surface area contributed by atoms with Crippen molar-refractivity contribution in [3.05, 3.63) is 24.2 Å². The molecule has 0 saturated heterocycles. The Kier molecular flexibility index (Phi) is 3.52. The molecule has 0 unspecified atom stereocenters. The van der Waals surface area contributed by atoms with E-state index in [9.17, 15) is 0 Å². The highest BCUT2D eigenvalue weighted by atomic mass is 16.5. The van der Waals surface area contributed by atoms with Gasteiger partial charge in [0.05, 0.1) is 18.0 Å². The Bertz CT molecular complexity index is 507. The number of hydrogen-bond acceptors (Lipinski definition) is 4. The monoisotopic (exact) mass is 248 g/mol. The second-order valence-electron chi connectivity index (χ2n) is 5.37. The molecule has 98 valence electrons. The van der Waals surface area contributed by atoms with E-state index in [1.165, 1.54) is 0 Å². The second-order valence-corrected chi connectivity index (χ2v) is 5.37. The van der Waals surface area contributed by atoms with Gasteiger partial charge in [-0.3, -0.25) is 4.68 Å². The zero-order valence-electron chi connectivity index (χ0n) is 11.4. The molecule has 2 rings (SSSR count). The van der Waals surface area contributed by atoms with Crippen molar-refractivity contribution in [2.24, 2.45) is 0 Å². The van der Waals surface area contributed by atoms with Crippen LogP contribution in [0.4, 0.5) is 0 Å². The smallest absolute Gasteiger partial charge is 0.174 e. The average molecular weight is 248 g/mol. The van der Waals surface area contributed by atoms with E-state index < -0.39 is 0 Å². The molecule has 0 aliphatic rings. The quantitative estimate of drug-likeness (QED) is 0.903.